The molecule has 5 rings (SSSR count). The molecule has 24 heavy (non-hydrogen) atoms. The van der Waals surface area contributed by atoms with E-state index in [1.807, 2.05) is 48.5 Å². The Bertz CT molecular complexity index is 1170. The molecule has 1 aromatic heterocycles. The van der Waals surface area contributed by atoms with Crippen molar-refractivity contribution in [2.75, 3.05) is 0 Å². The Morgan fingerprint density at radius 2 is 1.04 bits per heavy atom. The van der Waals surface area contributed by atoms with Gasteiger partial charge in [0.05, 0.1) is 0 Å². The van der Waals surface area contributed by atoms with Crippen LogP contribution in [-0.4, -0.2) is 4.89 Å². The second-order valence-corrected chi connectivity index (χ2v) is 6.58. The van der Waals surface area contributed by atoms with Crippen molar-refractivity contribution in [3.8, 4) is 0 Å². The third kappa shape index (κ3) is 1.96. The molecule has 0 fully saturated rings. The van der Waals surface area contributed by atoms with Crippen LogP contribution >= 0.6 is 8.24 Å². The lowest BCUT2D eigenvalue weighted by atomic mass is 9.99. The monoisotopic (exact) mass is 332 g/mol. The van der Waals surface area contributed by atoms with Crippen molar-refractivity contribution >= 4 is 51.7 Å². The van der Waals surface area contributed by atoms with Crippen LogP contribution in [0.4, 0.5) is 0 Å². The van der Waals surface area contributed by atoms with Crippen molar-refractivity contribution in [2.24, 2.45) is 0 Å². The average molecular weight is 332 g/mol. The summed E-state index contributed by atoms with van der Waals surface area (Å²) < 4.78 is 11.4. The van der Waals surface area contributed by atoms with Gasteiger partial charge < -0.3 is 8.39 Å². The lowest BCUT2D eigenvalue weighted by Crippen LogP contribution is -1.79. The van der Waals surface area contributed by atoms with E-state index in [0.717, 1.165) is 32.3 Å². The Morgan fingerprint density at radius 3 is 1.54 bits per heavy atom. The first-order chi connectivity index (χ1) is 11.8. The highest BCUT2D eigenvalue weighted by molar-refractivity contribution is 7.30. The molecule has 0 bridgehead atoms. The number of rotatable bonds is 0. The Morgan fingerprint density at radius 1 is 0.583 bits per heavy atom. The summed E-state index contributed by atoms with van der Waals surface area (Å²) in [5.41, 5.74) is 1.30. The van der Waals surface area contributed by atoms with Crippen molar-refractivity contribution in [1.29, 1.82) is 0 Å². The lowest BCUT2D eigenvalue weighted by molar-refractivity contribution is 0.495. The normalized spacial score (nSPS) is 11.5. The SMILES string of the molecule is Op1oc2ccc3ccccc3c2c2c(ccc3ccccc32)o1. The molecule has 0 spiro atoms. The van der Waals surface area contributed by atoms with Gasteiger partial charge in [0.15, 0.2) is 0 Å². The van der Waals surface area contributed by atoms with Gasteiger partial charge in [-0.1, -0.05) is 60.7 Å². The maximum absolute atomic E-state index is 10.1. The predicted octanol–water partition coefficient (Wildman–Crippen LogP) is 6.35. The molecule has 0 aliphatic carbocycles. The number of benzene rings is 4. The topological polar surface area (TPSA) is 46.5 Å². The largest absolute Gasteiger partial charge is 0.399 e. The van der Waals surface area contributed by atoms with Crippen LogP contribution in [0.3, 0.4) is 0 Å². The van der Waals surface area contributed by atoms with Gasteiger partial charge in [0.25, 0.3) is 0 Å². The Balaban J connectivity index is 2.23. The summed E-state index contributed by atoms with van der Waals surface area (Å²) in [4.78, 5) is 10.1. The highest BCUT2D eigenvalue weighted by atomic mass is 31.1. The molecule has 0 saturated heterocycles. The molecule has 0 aliphatic rings. The summed E-state index contributed by atoms with van der Waals surface area (Å²) >= 11 is 0. The van der Waals surface area contributed by atoms with Crippen LogP contribution in [-0.2, 0) is 0 Å². The van der Waals surface area contributed by atoms with Gasteiger partial charge in [0.1, 0.15) is 11.2 Å². The number of fused-ring (bicyclic) bond motifs is 7. The first kappa shape index (κ1) is 13.7. The minimum atomic E-state index is -2.00. The van der Waals surface area contributed by atoms with E-state index in [-0.39, 0.29) is 0 Å². The summed E-state index contributed by atoms with van der Waals surface area (Å²) in [6.45, 7) is 0. The minimum absolute atomic E-state index is 0.650. The molecular weight excluding hydrogens is 319 g/mol. The second kappa shape index (κ2) is 5.13. The first-order valence-electron chi connectivity index (χ1n) is 7.70. The van der Waals surface area contributed by atoms with E-state index in [4.69, 9.17) is 8.39 Å². The summed E-state index contributed by atoms with van der Waals surface area (Å²) in [5.74, 6) is 0. The predicted molar refractivity (Wildman–Crippen MR) is 99.0 cm³/mol. The molecule has 0 saturated carbocycles. The fourth-order valence-corrected chi connectivity index (χ4v) is 4.04. The van der Waals surface area contributed by atoms with E-state index in [2.05, 4.69) is 24.3 Å². The van der Waals surface area contributed by atoms with E-state index in [9.17, 15) is 4.89 Å². The summed E-state index contributed by atoms with van der Waals surface area (Å²) in [7, 11) is -2.00. The van der Waals surface area contributed by atoms with E-state index >= 15 is 0 Å². The highest BCUT2D eigenvalue weighted by Crippen LogP contribution is 2.39. The smallest absolute Gasteiger partial charge is 0.384 e. The van der Waals surface area contributed by atoms with Crippen LogP contribution in [0, 0.1) is 0 Å². The van der Waals surface area contributed by atoms with E-state index in [1.165, 1.54) is 0 Å². The van der Waals surface area contributed by atoms with Gasteiger partial charge in [-0.25, -0.2) is 0 Å². The van der Waals surface area contributed by atoms with Gasteiger partial charge >= 0.3 is 8.24 Å². The summed E-state index contributed by atoms with van der Waals surface area (Å²) in [5, 5.41) is 6.37. The Labute approximate surface area is 138 Å². The first-order valence-corrected chi connectivity index (χ1v) is 8.83. The quantitative estimate of drug-likeness (QED) is 0.359. The van der Waals surface area contributed by atoms with Gasteiger partial charge in [0.2, 0.25) is 0 Å². The van der Waals surface area contributed by atoms with Crippen molar-refractivity contribution in [3.05, 3.63) is 72.8 Å². The zero-order valence-corrected chi connectivity index (χ0v) is 13.5. The minimum Gasteiger partial charge on any atom is -0.399 e. The molecule has 5 aromatic rings. The maximum atomic E-state index is 10.1. The fraction of sp³-hybridized carbons (Fsp3) is 0. The van der Waals surface area contributed by atoms with Gasteiger partial charge in [-0.3, -0.25) is 4.89 Å². The molecule has 116 valence electrons. The molecule has 0 amide bonds. The molecule has 0 atom stereocenters. The molecule has 0 radical (unpaired) electrons. The summed E-state index contributed by atoms with van der Waals surface area (Å²) in [6, 6.07) is 24.2. The van der Waals surface area contributed by atoms with Gasteiger partial charge in [-0.2, -0.15) is 0 Å². The van der Waals surface area contributed by atoms with Crippen LogP contribution in [0.15, 0.2) is 81.2 Å². The Kier molecular flexibility index (Phi) is 2.93. The highest BCUT2D eigenvalue weighted by Gasteiger charge is 2.11. The van der Waals surface area contributed by atoms with Crippen molar-refractivity contribution in [1.82, 2.24) is 0 Å². The number of hydrogen-bond donors (Lipinski definition) is 1. The van der Waals surface area contributed by atoms with Gasteiger partial charge in [-0.05, 0) is 33.7 Å². The van der Waals surface area contributed by atoms with Crippen LogP contribution in [0.1, 0.15) is 0 Å². The van der Waals surface area contributed by atoms with Crippen molar-refractivity contribution < 1.29 is 13.3 Å². The van der Waals surface area contributed by atoms with Crippen LogP contribution in [0.2, 0.25) is 0 Å². The van der Waals surface area contributed by atoms with Crippen LogP contribution < -0.4 is 0 Å². The molecule has 1 heterocycles. The van der Waals surface area contributed by atoms with Crippen molar-refractivity contribution in [2.45, 2.75) is 0 Å². The Hall–Kier alpha value is -2.74. The van der Waals surface area contributed by atoms with Crippen molar-refractivity contribution in [3.63, 3.8) is 0 Å². The van der Waals surface area contributed by atoms with Gasteiger partial charge in [-0.15, -0.1) is 0 Å². The van der Waals surface area contributed by atoms with E-state index in [0.29, 0.717) is 11.2 Å². The zero-order valence-electron chi connectivity index (χ0n) is 12.6. The zero-order chi connectivity index (χ0) is 16.1. The molecule has 1 N–H and O–H groups in total. The van der Waals surface area contributed by atoms with E-state index < -0.39 is 8.24 Å². The lowest BCUT2D eigenvalue weighted by Gasteiger charge is -2.05. The summed E-state index contributed by atoms with van der Waals surface area (Å²) in [6.07, 6.45) is 0. The maximum Gasteiger partial charge on any atom is 0.384 e. The van der Waals surface area contributed by atoms with Crippen LogP contribution in [0.5, 0.6) is 0 Å². The third-order valence-electron chi connectivity index (χ3n) is 4.38. The fourth-order valence-electron chi connectivity index (χ4n) is 3.36. The molecular formula is C20H13O3P. The number of hydrogen-bond acceptors (Lipinski definition) is 3. The van der Waals surface area contributed by atoms with E-state index in [1.54, 1.807) is 0 Å². The molecule has 0 unspecified atom stereocenters. The third-order valence-corrected chi connectivity index (χ3v) is 5.09. The molecule has 4 heteroatoms. The van der Waals surface area contributed by atoms with Gasteiger partial charge in [0, 0.05) is 10.8 Å². The van der Waals surface area contributed by atoms with Crippen LogP contribution in [0.25, 0.3) is 43.5 Å². The molecule has 4 aromatic carbocycles. The second-order valence-electron chi connectivity index (χ2n) is 5.74. The molecule has 3 nitrogen and oxygen atoms in total. The average Bonchev–Trinajstić information content (AvgIpc) is 2.77. The standard InChI is InChI=1S/C20H13O3P/c21-24-22-17-11-9-13-5-1-3-7-15(13)19(17)20-16-8-4-2-6-14(16)10-12-18(20)23-24/h1-12,21H. The molecule has 0 aliphatic heterocycles.